The predicted octanol–water partition coefficient (Wildman–Crippen LogP) is 3.56. The van der Waals surface area contributed by atoms with Crippen LogP contribution in [0.5, 0.6) is 0 Å². The van der Waals surface area contributed by atoms with Crippen LogP contribution in [0.2, 0.25) is 0 Å². The van der Waals surface area contributed by atoms with E-state index in [1.807, 2.05) is 24.4 Å². The molecule has 1 saturated heterocycles. The first-order valence-corrected chi connectivity index (χ1v) is 10.5. The zero-order valence-corrected chi connectivity index (χ0v) is 17.4. The summed E-state index contributed by atoms with van der Waals surface area (Å²) in [6.07, 6.45) is 10.5. The van der Waals surface area contributed by atoms with Crippen molar-refractivity contribution in [2.45, 2.75) is 52.5 Å². The molecule has 1 aromatic rings. The van der Waals surface area contributed by atoms with Crippen LogP contribution < -0.4 is 16.4 Å². The van der Waals surface area contributed by atoms with E-state index in [1.165, 1.54) is 19.3 Å². The van der Waals surface area contributed by atoms with Gasteiger partial charge in [-0.05, 0) is 37.9 Å². The first-order valence-electron chi connectivity index (χ1n) is 10.5. The Hall–Kier alpha value is -2.34. The lowest BCUT2D eigenvalue weighted by Crippen LogP contribution is -2.25. The second-order valence-electron chi connectivity index (χ2n) is 8.04. The summed E-state index contributed by atoms with van der Waals surface area (Å²) in [6.45, 7) is 9.28. The Morgan fingerprint density at radius 2 is 2.18 bits per heavy atom. The number of nitrogens with one attached hydrogen (secondary N) is 2. The van der Waals surface area contributed by atoms with Gasteiger partial charge in [0.25, 0.3) is 0 Å². The van der Waals surface area contributed by atoms with Crippen LogP contribution in [0, 0.1) is 5.41 Å². The van der Waals surface area contributed by atoms with Gasteiger partial charge in [-0.15, -0.1) is 0 Å². The molecule has 1 unspecified atom stereocenters. The van der Waals surface area contributed by atoms with Gasteiger partial charge in [-0.2, -0.15) is 0 Å². The van der Waals surface area contributed by atoms with Crippen molar-refractivity contribution in [1.82, 2.24) is 15.2 Å². The number of allylic oxidation sites excluding steroid dienone is 1. The molecule has 0 spiro atoms. The lowest BCUT2D eigenvalue weighted by Gasteiger charge is -2.26. The van der Waals surface area contributed by atoms with Crippen molar-refractivity contribution < 1.29 is 0 Å². The van der Waals surface area contributed by atoms with Gasteiger partial charge in [0, 0.05) is 36.6 Å². The Bertz CT molecular complexity index is 741. The van der Waals surface area contributed by atoms with Gasteiger partial charge in [-0.25, -0.2) is 4.98 Å². The summed E-state index contributed by atoms with van der Waals surface area (Å²) in [6, 6.07) is 6.49. The van der Waals surface area contributed by atoms with Crippen molar-refractivity contribution in [1.29, 1.82) is 0 Å². The minimum absolute atomic E-state index is 0.237. The topological polar surface area (TPSA) is 78.6 Å². The molecule has 0 radical (unpaired) electrons. The lowest BCUT2D eigenvalue weighted by molar-refractivity contribution is 0.558. The molecule has 6 nitrogen and oxygen atoms in total. The van der Waals surface area contributed by atoms with Crippen LogP contribution >= 0.6 is 0 Å². The van der Waals surface area contributed by atoms with E-state index < -0.39 is 0 Å². The molecule has 1 aliphatic carbocycles. The minimum atomic E-state index is 0.237. The smallest absolute Gasteiger partial charge is 0.126 e. The van der Waals surface area contributed by atoms with E-state index in [-0.39, 0.29) is 5.41 Å². The van der Waals surface area contributed by atoms with Gasteiger partial charge >= 0.3 is 0 Å². The van der Waals surface area contributed by atoms with E-state index in [4.69, 9.17) is 10.7 Å². The summed E-state index contributed by atoms with van der Waals surface area (Å²) < 4.78 is 0. The van der Waals surface area contributed by atoms with Crippen molar-refractivity contribution in [2.75, 3.05) is 25.0 Å². The summed E-state index contributed by atoms with van der Waals surface area (Å²) >= 11 is 0. The molecule has 3 aliphatic rings. The fourth-order valence-corrected chi connectivity index (χ4v) is 3.36. The van der Waals surface area contributed by atoms with Crippen LogP contribution in [-0.4, -0.2) is 41.8 Å². The third kappa shape index (κ3) is 4.93. The lowest BCUT2D eigenvalue weighted by atomic mass is 10.1. The number of hydrogen-bond acceptors (Lipinski definition) is 6. The molecule has 2 aliphatic heterocycles. The molecule has 3 heterocycles. The molecule has 4 rings (SSSR count). The Labute approximate surface area is 169 Å². The van der Waals surface area contributed by atoms with Gasteiger partial charge in [0.05, 0.1) is 23.6 Å². The van der Waals surface area contributed by atoms with Gasteiger partial charge in [0.15, 0.2) is 0 Å². The second-order valence-corrected chi connectivity index (χ2v) is 8.04. The summed E-state index contributed by atoms with van der Waals surface area (Å²) in [4.78, 5) is 11.5. The van der Waals surface area contributed by atoms with Crippen molar-refractivity contribution in [3.63, 3.8) is 0 Å². The van der Waals surface area contributed by atoms with E-state index in [2.05, 4.69) is 47.5 Å². The van der Waals surface area contributed by atoms with E-state index in [1.54, 1.807) is 6.20 Å². The van der Waals surface area contributed by atoms with E-state index in [0.717, 1.165) is 42.4 Å². The van der Waals surface area contributed by atoms with Crippen LogP contribution in [0.3, 0.4) is 0 Å². The standard InChI is InChI=1S/C19H26N6.C3H8/c1-19(6-7-19)17-13-25(10-9-22-17)16(11-20)15-3-2-4-18(24-15)23-14-5-8-21-12-14;1-3-2/h2-4,9,11,13-14,21H,5-8,10,12,20H2,1H3,(H,23,24);3H2,1-2H3/b16-11-;. The molecule has 0 bridgehead atoms. The Kier molecular flexibility index (Phi) is 6.73. The normalized spacial score (nSPS) is 23.0. The van der Waals surface area contributed by atoms with E-state index in [9.17, 15) is 0 Å². The summed E-state index contributed by atoms with van der Waals surface area (Å²) in [5, 5.41) is 6.87. The first-order chi connectivity index (χ1) is 13.6. The average Bonchev–Trinajstić information content (AvgIpc) is 3.24. The number of nitrogens with two attached hydrogens (primary N) is 1. The van der Waals surface area contributed by atoms with Gasteiger partial charge in [-0.1, -0.05) is 33.3 Å². The van der Waals surface area contributed by atoms with Gasteiger partial charge < -0.3 is 21.3 Å². The third-order valence-electron chi connectivity index (χ3n) is 5.30. The van der Waals surface area contributed by atoms with E-state index in [0.29, 0.717) is 12.6 Å². The molecular formula is C22H34N6. The quantitative estimate of drug-likeness (QED) is 0.726. The molecule has 152 valence electrons. The third-order valence-corrected chi connectivity index (χ3v) is 5.30. The molecule has 0 aromatic carbocycles. The summed E-state index contributed by atoms with van der Waals surface area (Å²) in [7, 11) is 0. The molecule has 1 saturated carbocycles. The SMILES string of the molecule is CC1(C2=CN(/C(=C\N)c3cccc(NC4CCNC4)n3)CC=N2)CC1.CCC. The fraction of sp³-hybridized carbons (Fsp3) is 0.545. The van der Waals surface area contributed by atoms with Crippen LogP contribution in [0.15, 0.2) is 41.3 Å². The maximum atomic E-state index is 5.97. The molecule has 1 aromatic heterocycles. The monoisotopic (exact) mass is 382 g/mol. The van der Waals surface area contributed by atoms with Gasteiger partial charge in [0.1, 0.15) is 5.82 Å². The number of aliphatic imine (C=N–C) groups is 1. The zero-order chi connectivity index (χ0) is 20.0. The molecule has 1 atom stereocenters. The first kappa shape index (κ1) is 20.4. The number of nitrogens with zero attached hydrogens (tertiary/aromatic N) is 3. The highest BCUT2D eigenvalue weighted by molar-refractivity contribution is 5.71. The van der Waals surface area contributed by atoms with Crippen molar-refractivity contribution in [2.24, 2.45) is 16.1 Å². The number of rotatable bonds is 5. The molecule has 28 heavy (non-hydrogen) atoms. The van der Waals surface area contributed by atoms with Crippen molar-refractivity contribution in [3.8, 4) is 0 Å². The van der Waals surface area contributed by atoms with Crippen LogP contribution in [0.25, 0.3) is 5.70 Å². The van der Waals surface area contributed by atoms with E-state index >= 15 is 0 Å². The predicted molar refractivity (Wildman–Crippen MR) is 118 cm³/mol. The number of anilines is 1. The number of pyridine rings is 1. The Morgan fingerprint density at radius 1 is 1.39 bits per heavy atom. The van der Waals surface area contributed by atoms with Gasteiger partial charge in [0.2, 0.25) is 0 Å². The minimum Gasteiger partial charge on any atom is -0.403 e. The van der Waals surface area contributed by atoms with Crippen molar-refractivity contribution >= 4 is 17.7 Å². The van der Waals surface area contributed by atoms with Crippen LogP contribution in [0.4, 0.5) is 5.82 Å². The van der Waals surface area contributed by atoms with Gasteiger partial charge in [-0.3, -0.25) is 4.99 Å². The average molecular weight is 383 g/mol. The maximum absolute atomic E-state index is 5.97. The van der Waals surface area contributed by atoms with Crippen LogP contribution in [0.1, 0.15) is 52.1 Å². The van der Waals surface area contributed by atoms with Crippen molar-refractivity contribution in [3.05, 3.63) is 42.0 Å². The summed E-state index contributed by atoms with van der Waals surface area (Å²) in [5.74, 6) is 0.898. The highest BCUT2D eigenvalue weighted by Gasteiger charge is 2.42. The molecule has 0 amide bonds. The second kappa shape index (κ2) is 9.24. The molecule has 4 N–H and O–H groups in total. The number of aromatic nitrogens is 1. The summed E-state index contributed by atoms with van der Waals surface area (Å²) in [5.41, 5.74) is 9.15. The Balaban J connectivity index is 0.000000706. The van der Waals surface area contributed by atoms with Crippen LogP contribution in [-0.2, 0) is 0 Å². The molecular weight excluding hydrogens is 348 g/mol. The largest absolute Gasteiger partial charge is 0.403 e. The Morgan fingerprint density at radius 3 is 2.82 bits per heavy atom. The number of hydrogen-bond donors (Lipinski definition) is 3. The highest BCUT2D eigenvalue weighted by atomic mass is 15.2. The fourth-order valence-electron chi connectivity index (χ4n) is 3.36. The molecule has 2 fully saturated rings. The highest BCUT2D eigenvalue weighted by Crippen LogP contribution is 2.52. The zero-order valence-electron chi connectivity index (χ0n) is 17.4. The maximum Gasteiger partial charge on any atom is 0.126 e. The molecule has 6 heteroatoms.